The van der Waals surface area contributed by atoms with Crippen molar-refractivity contribution in [3.8, 4) is 11.5 Å². The lowest BCUT2D eigenvalue weighted by Gasteiger charge is -2.42. The summed E-state index contributed by atoms with van der Waals surface area (Å²) in [4.78, 5) is 36.5. The third kappa shape index (κ3) is 2.94. The maximum atomic E-state index is 13.8. The molecule has 0 spiro atoms. The number of amides is 3. The van der Waals surface area contributed by atoms with Crippen LogP contribution in [0.5, 0.6) is 11.5 Å². The van der Waals surface area contributed by atoms with Gasteiger partial charge in [-0.3, -0.25) is 14.6 Å². The van der Waals surface area contributed by atoms with Gasteiger partial charge in [-0.05, 0) is 67.9 Å². The molecule has 4 heterocycles. The minimum absolute atomic E-state index is 0.122. The van der Waals surface area contributed by atoms with Crippen molar-refractivity contribution in [3.05, 3.63) is 59.3 Å². The number of urea groups is 1. The van der Waals surface area contributed by atoms with Crippen LogP contribution in [-0.2, 0) is 11.2 Å². The Hall–Kier alpha value is -3.52. The molecule has 176 valence electrons. The van der Waals surface area contributed by atoms with Crippen molar-refractivity contribution in [2.75, 3.05) is 33.3 Å². The van der Waals surface area contributed by atoms with Crippen LogP contribution in [0.15, 0.2) is 42.5 Å². The highest BCUT2D eigenvalue weighted by molar-refractivity contribution is 6.08. The zero-order valence-electron chi connectivity index (χ0n) is 19.4. The molecule has 6 rings (SSSR count). The SMILES string of the molecule is COc1ccc2[nH]c3c(c2c1)CC1(C)C(=O)N(CCN2CCC2)C(=O)N1C3c1cccc(O)c1. The number of phenols is 1. The Morgan fingerprint density at radius 1 is 1.15 bits per heavy atom. The molecule has 2 fully saturated rings. The van der Waals surface area contributed by atoms with E-state index in [4.69, 9.17) is 4.74 Å². The predicted molar refractivity (Wildman–Crippen MR) is 127 cm³/mol. The molecule has 2 unspecified atom stereocenters. The van der Waals surface area contributed by atoms with Gasteiger partial charge in [0.05, 0.1) is 7.11 Å². The molecule has 0 aliphatic carbocycles. The van der Waals surface area contributed by atoms with Crippen molar-refractivity contribution >= 4 is 22.8 Å². The van der Waals surface area contributed by atoms with Gasteiger partial charge in [-0.25, -0.2) is 4.79 Å². The van der Waals surface area contributed by atoms with Gasteiger partial charge in [0.2, 0.25) is 0 Å². The summed E-state index contributed by atoms with van der Waals surface area (Å²) in [7, 11) is 1.63. The van der Waals surface area contributed by atoms with E-state index in [9.17, 15) is 14.7 Å². The molecule has 0 saturated carbocycles. The van der Waals surface area contributed by atoms with Crippen LogP contribution in [0, 0.1) is 0 Å². The van der Waals surface area contributed by atoms with E-state index in [2.05, 4.69) is 9.88 Å². The summed E-state index contributed by atoms with van der Waals surface area (Å²) in [5, 5.41) is 11.2. The van der Waals surface area contributed by atoms with Gasteiger partial charge < -0.3 is 19.7 Å². The minimum Gasteiger partial charge on any atom is -0.508 e. The molecule has 2 aromatic carbocycles. The van der Waals surface area contributed by atoms with Crippen molar-refractivity contribution in [2.45, 2.75) is 31.3 Å². The van der Waals surface area contributed by atoms with Gasteiger partial charge in [-0.15, -0.1) is 0 Å². The number of fused-ring (bicyclic) bond motifs is 4. The summed E-state index contributed by atoms with van der Waals surface area (Å²) in [6, 6.07) is 12.0. The van der Waals surface area contributed by atoms with Crippen LogP contribution < -0.4 is 4.74 Å². The van der Waals surface area contributed by atoms with Crippen LogP contribution in [-0.4, -0.2) is 75.6 Å². The second kappa shape index (κ2) is 7.50. The summed E-state index contributed by atoms with van der Waals surface area (Å²) in [5.41, 5.74) is 2.54. The number of H-pyrrole nitrogens is 1. The maximum Gasteiger partial charge on any atom is 0.328 e. The number of aromatic hydroxyl groups is 1. The zero-order chi connectivity index (χ0) is 23.6. The van der Waals surface area contributed by atoms with Crippen molar-refractivity contribution in [2.24, 2.45) is 0 Å². The van der Waals surface area contributed by atoms with Crippen LogP contribution in [0.3, 0.4) is 0 Å². The summed E-state index contributed by atoms with van der Waals surface area (Å²) in [5.74, 6) is 0.698. The number of methoxy groups -OCH3 is 1. The predicted octanol–water partition coefficient (Wildman–Crippen LogP) is 3.26. The van der Waals surface area contributed by atoms with Gasteiger partial charge in [-0.1, -0.05) is 12.1 Å². The van der Waals surface area contributed by atoms with E-state index in [-0.39, 0.29) is 17.7 Å². The first-order chi connectivity index (χ1) is 16.4. The number of carbonyl (C=O) groups is 2. The zero-order valence-corrected chi connectivity index (χ0v) is 19.4. The van der Waals surface area contributed by atoms with E-state index < -0.39 is 11.6 Å². The average molecular weight is 461 g/mol. The Morgan fingerprint density at radius 2 is 1.97 bits per heavy atom. The lowest BCUT2D eigenvalue weighted by atomic mass is 9.81. The number of carbonyl (C=O) groups excluding carboxylic acids is 2. The smallest absolute Gasteiger partial charge is 0.328 e. The second-order valence-electron chi connectivity index (χ2n) is 9.68. The first kappa shape index (κ1) is 21.0. The fourth-order valence-electron chi connectivity index (χ4n) is 5.70. The van der Waals surface area contributed by atoms with Crippen molar-refractivity contribution in [3.63, 3.8) is 0 Å². The topological polar surface area (TPSA) is 89.1 Å². The summed E-state index contributed by atoms with van der Waals surface area (Å²) < 4.78 is 5.46. The number of rotatable bonds is 5. The lowest BCUT2D eigenvalue weighted by molar-refractivity contribution is -0.133. The van der Waals surface area contributed by atoms with E-state index in [0.29, 0.717) is 19.5 Å². The summed E-state index contributed by atoms with van der Waals surface area (Å²) >= 11 is 0. The average Bonchev–Trinajstić information content (AvgIpc) is 3.23. The first-order valence-electron chi connectivity index (χ1n) is 11.8. The molecule has 1 aromatic heterocycles. The van der Waals surface area contributed by atoms with Gasteiger partial charge in [0.25, 0.3) is 5.91 Å². The maximum absolute atomic E-state index is 13.8. The van der Waals surface area contributed by atoms with E-state index in [1.54, 1.807) is 30.2 Å². The molecule has 3 aromatic rings. The third-order valence-corrected chi connectivity index (χ3v) is 7.65. The standard InChI is InChI=1S/C26H28N4O4/c1-26-15-20-19-14-18(34-2)7-8-21(19)27-22(20)23(16-5-3-6-17(31)13-16)30(26)25(33)29(24(26)32)12-11-28-9-4-10-28/h3,5-8,13-14,23,27,31H,4,9-12,15H2,1-2H3. The van der Waals surface area contributed by atoms with Gasteiger partial charge in [0.1, 0.15) is 23.1 Å². The Labute approximate surface area is 197 Å². The first-order valence-corrected chi connectivity index (χ1v) is 11.8. The quantitative estimate of drug-likeness (QED) is 0.571. The molecular weight excluding hydrogens is 432 g/mol. The van der Waals surface area contributed by atoms with Gasteiger partial charge in [0, 0.05) is 36.1 Å². The number of likely N-dealkylation sites (tertiary alicyclic amines) is 1. The molecule has 2 atom stereocenters. The van der Waals surface area contributed by atoms with E-state index >= 15 is 0 Å². The summed E-state index contributed by atoms with van der Waals surface area (Å²) in [6.45, 7) is 4.99. The largest absolute Gasteiger partial charge is 0.508 e. The monoisotopic (exact) mass is 460 g/mol. The summed E-state index contributed by atoms with van der Waals surface area (Å²) in [6.07, 6.45) is 1.58. The van der Waals surface area contributed by atoms with Crippen LogP contribution in [0.2, 0.25) is 0 Å². The Balaban J connectivity index is 1.50. The normalized spacial score (nSPS) is 24.4. The molecule has 0 radical (unpaired) electrons. The fraction of sp³-hybridized carbons (Fsp3) is 0.385. The highest BCUT2D eigenvalue weighted by Crippen LogP contribution is 2.49. The number of imide groups is 1. The number of phenolic OH excluding ortho intramolecular Hbond substituents is 1. The molecule has 2 saturated heterocycles. The van der Waals surface area contributed by atoms with Gasteiger partial charge in [-0.2, -0.15) is 0 Å². The van der Waals surface area contributed by atoms with Gasteiger partial charge in [0.15, 0.2) is 0 Å². The Morgan fingerprint density at radius 3 is 2.68 bits per heavy atom. The highest BCUT2D eigenvalue weighted by Gasteiger charge is 2.60. The highest BCUT2D eigenvalue weighted by atomic mass is 16.5. The third-order valence-electron chi connectivity index (χ3n) is 7.65. The number of nitrogens with zero attached hydrogens (tertiary/aromatic N) is 3. The van der Waals surface area contributed by atoms with Gasteiger partial charge >= 0.3 is 6.03 Å². The van der Waals surface area contributed by atoms with E-state index in [1.165, 1.54) is 4.90 Å². The number of hydrogen-bond acceptors (Lipinski definition) is 5. The molecule has 8 heteroatoms. The number of benzene rings is 2. The van der Waals surface area contributed by atoms with Crippen molar-refractivity contribution in [1.82, 2.24) is 19.7 Å². The van der Waals surface area contributed by atoms with E-state index in [1.807, 2.05) is 31.2 Å². The van der Waals surface area contributed by atoms with E-state index in [0.717, 1.165) is 53.0 Å². The van der Waals surface area contributed by atoms with Crippen LogP contribution >= 0.6 is 0 Å². The van der Waals surface area contributed by atoms with Crippen LogP contribution in [0.1, 0.15) is 36.2 Å². The molecule has 2 N–H and O–H groups in total. The molecule has 34 heavy (non-hydrogen) atoms. The Kier molecular flexibility index (Phi) is 4.64. The van der Waals surface area contributed by atoms with Crippen LogP contribution in [0.25, 0.3) is 10.9 Å². The van der Waals surface area contributed by atoms with Crippen molar-refractivity contribution < 1.29 is 19.4 Å². The molecule has 3 amide bonds. The minimum atomic E-state index is -1.02. The molecule has 3 aliphatic heterocycles. The number of nitrogens with one attached hydrogen (secondary N) is 1. The lowest BCUT2D eigenvalue weighted by Crippen LogP contribution is -2.53. The Bertz CT molecular complexity index is 1310. The van der Waals surface area contributed by atoms with Crippen LogP contribution in [0.4, 0.5) is 4.79 Å². The van der Waals surface area contributed by atoms with Crippen molar-refractivity contribution in [1.29, 1.82) is 0 Å². The molecule has 0 bridgehead atoms. The molecule has 8 nitrogen and oxygen atoms in total. The number of hydrogen-bond donors (Lipinski definition) is 2. The number of aromatic nitrogens is 1. The number of ether oxygens (including phenoxy) is 1. The fourth-order valence-corrected chi connectivity index (χ4v) is 5.70. The number of aromatic amines is 1. The molecular formula is C26H28N4O4. The molecule has 3 aliphatic rings. The second-order valence-corrected chi connectivity index (χ2v) is 9.68.